The Labute approximate surface area is 320 Å². The molecule has 0 unspecified atom stereocenters. The Kier molecular flexibility index (Phi) is 15.4. The molecule has 2 aromatic rings. The lowest BCUT2D eigenvalue weighted by Gasteiger charge is -2.39. The van der Waals surface area contributed by atoms with Crippen molar-refractivity contribution in [2.24, 2.45) is 13.0 Å². The van der Waals surface area contributed by atoms with Gasteiger partial charge in [-0.2, -0.15) is 0 Å². The lowest BCUT2D eigenvalue weighted by atomic mass is 9.83. The van der Waals surface area contributed by atoms with Gasteiger partial charge in [0.25, 0.3) is 11.8 Å². The van der Waals surface area contributed by atoms with Gasteiger partial charge in [0, 0.05) is 58.3 Å². The molecule has 1 saturated carbocycles. The molecule has 0 bridgehead atoms. The number of halogens is 2. The fraction of sp³-hybridized carbons (Fsp3) is 0.658. The zero-order chi connectivity index (χ0) is 40.4. The van der Waals surface area contributed by atoms with E-state index in [9.17, 15) is 32.8 Å². The summed E-state index contributed by atoms with van der Waals surface area (Å²) in [6.45, 7) is 7.97. The van der Waals surface area contributed by atoms with Gasteiger partial charge in [0.1, 0.15) is 23.4 Å². The van der Waals surface area contributed by atoms with Crippen LogP contribution in [0.4, 0.5) is 13.6 Å². The Balaban J connectivity index is 1.47. The molecule has 2 heterocycles. The molecule has 15 nitrogen and oxygen atoms in total. The summed E-state index contributed by atoms with van der Waals surface area (Å²) >= 11 is 0. The molecular formula is C38H56F2N6O9. The van der Waals surface area contributed by atoms with Gasteiger partial charge < -0.3 is 44.3 Å². The van der Waals surface area contributed by atoms with Gasteiger partial charge in [-0.15, -0.1) is 0 Å². The van der Waals surface area contributed by atoms with Crippen molar-refractivity contribution in [3.63, 3.8) is 0 Å². The lowest BCUT2D eigenvalue weighted by molar-refractivity contribution is -0.140. The van der Waals surface area contributed by atoms with E-state index in [0.29, 0.717) is 0 Å². The van der Waals surface area contributed by atoms with Gasteiger partial charge in [-0.1, -0.05) is 19.3 Å². The Morgan fingerprint density at radius 2 is 1.53 bits per heavy atom. The molecule has 0 spiro atoms. The summed E-state index contributed by atoms with van der Waals surface area (Å²) < 4.78 is 46.2. The topological polar surface area (TPSA) is 172 Å². The molecule has 4 rings (SSSR count). The number of hydrogen-bond acceptors (Lipinski definition) is 9. The summed E-state index contributed by atoms with van der Waals surface area (Å²) in [6.07, 6.45) is 3.72. The number of nitrogens with zero attached hydrogens (tertiary/aromatic N) is 4. The average Bonchev–Trinajstić information content (AvgIpc) is 3.43. The molecule has 1 aromatic carbocycles. The number of rotatable bonds is 15. The molecule has 1 saturated heterocycles. The average molecular weight is 779 g/mol. The van der Waals surface area contributed by atoms with Crippen molar-refractivity contribution >= 4 is 40.6 Å². The molecule has 55 heavy (non-hydrogen) atoms. The highest BCUT2D eigenvalue weighted by atomic mass is 19.2. The number of fused-ring (bicyclic) bond motifs is 1. The molecule has 1 aliphatic carbocycles. The first kappa shape index (κ1) is 43.4. The monoisotopic (exact) mass is 778 g/mol. The normalized spacial score (nSPS) is 16.5. The molecule has 306 valence electrons. The fourth-order valence-electron chi connectivity index (χ4n) is 6.89. The van der Waals surface area contributed by atoms with Crippen LogP contribution in [0.1, 0.15) is 80.6 Å². The van der Waals surface area contributed by atoms with Gasteiger partial charge in [-0.25, -0.2) is 13.6 Å². The lowest BCUT2D eigenvalue weighted by Crippen LogP contribution is -2.60. The number of aliphatic hydroxyl groups is 1. The van der Waals surface area contributed by atoms with E-state index in [1.54, 1.807) is 32.6 Å². The Bertz CT molecular complexity index is 1680. The Hall–Kier alpha value is -4.35. The summed E-state index contributed by atoms with van der Waals surface area (Å²) in [5.41, 5.74) is -0.782. The molecule has 1 aromatic heterocycles. The molecular weight excluding hydrogens is 722 g/mol. The van der Waals surface area contributed by atoms with Crippen LogP contribution in [0.5, 0.6) is 0 Å². The predicted octanol–water partition coefficient (Wildman–Crippen LogP) is 2.82. The number of ether oxygens (including phenoxy) is 3. The van der Waals surface area contributed by atoms with Crippen LogP contribution in [0.25, 0.3) is 10.9 Å². The summed E-state index contributed by atoms with van der Waals surface area (Å²) in [5, 5.41) is 14.5. The smallest absolute Gasteiger partial charge is 0.410 e. The highest BCUT2D eigenvalue weighted by molar-refractivity contribution is 6.16. The number of hydrogen-bond donors (Lipinski definition) is 3. The summed E-state index contributed by atoms with van der Waals surface area (Å²) in [4.78, 5) is 72.3. The highest BCUT2D eigenvalue weighted by Crippen LogP contribution is 2.30. The van der Waals surface area contributed by atoms with Crippen molar-refractivity contribution in [1.29, 1.82) is 0 Å². The van der Waals surface area contributed by atoms with Gasteiger partial charge >= 0.3 is 6.09 Å². The van der Waals surface area contributed by atoms with Crippen LogP contribution < -0.4 is 10.6 Å². The van der Waals surface area contributed by atoms with Gasteiger partial charge in [0.05, 0.1) is 44.1 Å². The van der Waals surface area contributed by atoms with E-state index in [4.69, 9.17) is 19.3 Å². The van der Waals surface area contributed by atoms with Gasteiger partial charge in [0.15, 0.2) is 11.6 Å². The van der Waals surface area contributed by atoms with Gasteiger partial charge in [-0.05, 0) is 52.5 Å². The molecule has 2 atom stereocenters. The molecule has 5 amide bonds. The van der Waals surface area contributed by atoms with Crippen molar-refractivity contribution in [3.05, 3.63) is 35.0 Å². The number of piperazine rings is 1. The van der Waals surface area contributed by atoms with E-state index in [0.717, 1.165) is 44.2 Å². The van der Waals surface area contributed by atoms with Crippen LogP contribution >= 0.6 is 0 Å². The number of amides is 5. The van der Waals surface area contributed by atoms with Crippen LogP contribution in [0.2, 0.25) is 0 Å². The molecule has 2 aliphatic rings. The van der Waals surface area contributed by atoms with Crippen LogP contribution in [0, 0.1) is 17.6 Å². The maximum Gasteiger partial charge on any atom is 0.410 e. The minimum atomic E-state index is -1.17. The summed E-state index contributed by atoms with van der Waals surface area (Å²) in [7, 11) is 2.97. The first-order chi connectivity index (χ1) is 26.0. The van der Waals surface area contributed by atoms with Crippen molar-refractivity contribution in [2.45, 2.75) is 77.5 Å². The Morgan fingerprint density at radius 3 is 2.15 bits per heavy atom. The number of carbonyl (C=O) groups excluding carboxylic acids is 5. The zero-order valence-electron chi connectivity index (χ0n) is 32.8. The predicted molar refractivity (Wildman–Crippen MR) is 198 cm³/mol. The van der Waals surface area contributed by atoms with Crippen molar-refractivity contribution < 1.29 is 52.1 Å². The quantitative estimate of drug-likeness (QED) is 0.230. The van der Waals surface area contributed by atoms with E-state index in [2.05, 4.69) is 10.6 Å². The summed E-state index contributed by atoms with van der Waals surface area (Å²) in [6, 6.07) is 0.0888. The maximum absolute atomic E-state index is 14.5. The minimum absolute atomic E-state index is 0.0576. The SMILES string of the molecule is C[C@@H](C(=O)N[C@H](C(=O)N1CCN(C(=O)c2c(C(=O)NCCOCCOCCO)c3cc(F)c(F)cc3n2C)CC1)C1CCCCC1)N(C)C(=O)OC(C)(C)C. The molecule has 17 heteroatoms. The first-order valence-corrected chi connectivity index (χ1v) is 18.9. The van der Waals surface area contributed by atoms with E-state index >= 15 is 0 Å². The second kappa shape index (κ2) is 19.5. The highest BCUT2D eigenvalue weighted by Gasteiger charge is 2.38. The van der Waals surface area contributed by atoms with Crippen molar-refractivity contribution in [2.75, 3.05) is 72.8 Å². The van der Waals surface area contributed by atoms with E-state index < -0.39 is 53.1 Å². The number of benzene rings is 1. The number of aromatic nitrogens is 1. The summed E-state index contributed by atoms with van der Waals surface area (Å²) in [5.74, 6) is -4.40. The third-order valence-corrected chi connectivity index (χ3v) is 10.0. The minimum Gasteiger partial charge on any atom is -0.444 e. The van der Waals surface area contributed by atoms with E-state index in [1.807, 2.05) is 0 Å². The van der Waals surface area contributed by atoms with Crippen LogP contribution in [0.15, 0.2) is 12.1 Å². The number of aryl methyl sites for hydroxylation is 1. The maximum atomic E-state index is 14.5. The number of likely N-dealkylation sites (N-methyl/N-ethyl adjacent to an activating group) is 1. The van der Waals surface area contributed by atoms with Crippen molar-refractivity contribution in [3.8, 4) is 0 Å². The van der Waals surface area contributed by atoms with E-state index in [-0.39, 0.29) is 99.7 Å². The third-order valence-electron chi connectivity index (χ3n) is 10.0. The van der Waals surface area contributed by atoms with E-state index in [1.165, 1.54) is 28.5 Å². The second-order valence-electron chi connectivity index (χ2n) is 15.0. The number of nitrogens with one attached hydrogen (secondary N) is 2. The van der Waals surface area contributed by atoms with Gasteiger partial charge in [-0.3, -0.25) is 24.1 Å². The first-order valence-electron chi connectivity index (χ1n) is 18.9. The van der Waals surface area contributed by atoms with Crippen molar-refractivity contribution in [1.82, 2.24) is 29.9 Å². The van der Waals surface area contributed by atoms with Gasteiger partial charge in [0.2, 0.25) is 11.8 Å². The van der Waals surface area contributed by atoms with Crippen LogP contribution in [-0.2, 0) is 30.8 Å². The number of carbonyl (C=O) groups is 5. The molecule has 1 aliphatic heterocycles. The molecule has 0 radical (unpaired) electrons. The standard InChI is InChI=1S/C38H56F2N6O9/c1-24(43(5)37(52)55-38(2,3)4)33(48)42-31(25-10-8-7-9-11-25)35(50)45-13-15-46(16-14-45)36(51)32-30(26-22-27(39)28(40)23-29(26)44(32)6)34(49)41-12-18-53-20-21-54-19-17-47/h22-25,31,47H,7-21H2,1-6H3,(H,41,49)(H,42,48)/t24-,31-/m0/s1. The zero-order valence-corrected chi connectivity index (χ0v) is 32.8. The Morgan fingerprint density at radius 1 is 0.927 bits per heavy atom. The van der Waals surface area contributed by atoms with Crippen LogP contribution in [0.3, 0.4) is 0 Å². The molecule has 2 fully saturated rings. The second-order valence-corrected chi connectivity index (χ2v) is 15.0. The fourth-order valence-corrected chi connectivity index (χ4v) is 6.89. The number of aliphatic hydroxyl groups excluding tert-OH is 1. The largest absolute Gasteiger partial charge is 0.444 e. The molecule has 3 N–H and O–H groups in total. The van der Waals surface area contributed by atoms with Crippen LogP contribution in [-0.4, -0.2) is 145 Å². The third kappa shape index (κ3) is 11.1.